The standard InChI is InChI=1S/C15H20N2O2/c1-4-10(2)7-11(3)17-9-16-13-6-5-12(15(18)19)8-14(13)17/h5-6,8-11H,4,7H2,1-3H3,(H,18,19). The van der Waals surface area contributed by atoms with Crippen LogP contribution in [0.1, 0.15) is 50.0 Å². The topological polar surface area (TPSA) is 55.1 Å². The maximum atomic E-state index is 11.0. The number of rotatable bonds is 5. The van der Waals surface area contributed by atoms with E-state index in [1.54, 1.807) is 18.2 Å². The van der Waals surface area contributed by atoms with Gasteiger partial charge in [0.25, 0.3) is 0 Å². The summed E-state index contributed by atoms with van der Waals surface area (Å²) in [5.41, 5.74) is 2.06. The van der Waals surface area contributed by atoms with Crippen molar-refractivity contribution in [3.8, 4) is 0 Å². The van der Waals surface area contributed by atoms with E-state index >= 15 is 0 Å². The first-order chi connectivity index (χ1) is 9.02. The normalized spacial score (nSPS) is 14.5. The number of carboxylic acids is 1. The summed E-state index contributed by atoms with van der Waals surface area (Å²) < 4.78 is 2.08. The zero-order valence-corrected chi connectivity index (χ0v) is 11.6. The number of aromatic nitrogens is 2. The van der Waals surface area contributed by atoms with E-state index in [4.69, 9.17) is 5.11 Å². The highest BCUT2D eigenvalue weighted by Gasteiger charge is 2.13. The van der Waals surface area contributed by atoms with Crippen molar-refractivity contribution in [2.45, 2.75) is 39.7 Å². The second-order valence-corrected chi connectivity index (χ2v) is 5.26. The third-order valence-corrected chi connectivity index (χ3v) is 3.74. The Labute approximate surface area is 113 Å². The highest BCUT2D eigenvalue weighted by atomic mass is 16.4. The van der Waals surface area contributed by atoms with E-state index < -0.39 is 5.97 Å². The van der Waals surface area contributed by atoms with Gasteiger partial charge in [0.15, 0.2) is 0 Å². The van der Waals surface area contributed by atoms with Gasteiger partial charge in [0.1, 0.15) is 0 Å². The summed E-state index contributed by atoms with van der Waals surface area (Å²) in [5.74, 6) is -0.251. The molecule has 1 N–H and O–H groups in total. The average molecular weight is 260 g/mol. The molecule has 0 aliphatic rings. The van der Waals surface area contributed by atoms with E-state index in [9.17, 15) is 4.79 Å². The van der Waals surface area contributed by atoms with Crippen LogP contribution in [0.4, 0.5) is 0 Å². The molecule has 0 spiro atoms. The van der Waals surface area contributed by atoms with Gasteiger partial charge in [0.2, 0.25) is 0 Å². The fourth-order valence-corrected chi connectivity index (χ4v) is 2.37. The van der Waals surface area contributed by atoms with Gasteiger partial charge in [-0.1, -0.05) is 20.3 Å². The SMILES string of the molecule is CCC(C)CC(C)n1cnc2ccc(C(=O)O)cc21. The van der Waals surface area contributed by atoms with Gasteiger partial charge in [-0.25, -0.2) is 9.78 Å². The molecule has 1 heterocycles. The zero-order chi connectivity index (χ0) is 14.0. The number of hydrogen-bond acceptors (Lipinski definition) is 2. The van der Waals surface area contributed by atoms with E-state index in [1.165, 1.54) is 0 Å². The average Bonchev–Trinajstić information content (AvgIpc) is 2.81. The molecule has 19 heavy (non-hydrogen) atoms. The molecular weight excluding hydrogens is 240 g/mol. The minimum atomic E-state index is -0.899. The molecule has 1 aromatic heterocycles. The molecule has 2 aromatic rings. The molecule has 0 aliphatic heterocycles. The van der Waals surface area contributed by atoms with Crippen molar-refractivity contribution in [3.05, 3.63) is 30.1 Å². The Bertz CT molecular complexity index is 589. The highest BCUT2D eigenvalue weighted by molar-refractivity contribution is 5.92. The number of fused-ring (bicyclic) bond motifs is 1. The van der Waals surface area contributed by atoms with Crippen LogP contribution in [0.2, 0.25) is 0 Å². The highest BCUT2D eigenvalue weighted by Crippen LogP contribution is 2.24. The molecule has 0 saturated heterocycles. The van der Waals surface area contributed by atoms with E-state index in [1.807, 2.05) is 6.33 Å². The Balaban J connectivity index is 2.37. The van der Waals surface area contributed by atoms with Gasteiger partial charge >= 0.3 is 5.97 Å². The van der Waals surface area contributed by atoms with Crippen LogP contribution in [0.5, 0.6) is 0 Å². The third kappa shape index (κ3) is 2.78. The summed E-state index contributed by atoms with van der Waals surface area (Å²) in [6.45, 7) is 6.57. The number of carbonyl (C=O) groups is 1. The lowest BCUT2D eigenvalue weighted by atomic mass is 10.00. The minimum absolute atomic E-state index is 0.310. The van der Waals surface area contributed by atoms with Crippen molar-refractivity contribution in [1.29, 1.82) is 0 Å². The van der Waals surface area contributed by atoms with Gasteiger partial charge in [0, 0.05) is 6.04 Å². The smallest absolute Gasteiger partial charge is 0.335 e. The Hall–Kier alpha value is -1.84. The van der Waals surface area contributed by atoms with E-state index in [0.29, 0.717) is 17.5 Å². The largest absolute Gasteiger partial charge is 0.478 e. The molecule has 4 heteroatoms. The van der Waals surface area contributed by atoms with Gasteiger partial charge < -0.3 is 9.67 Å². The van der Waals surface area contributed by atoms with Crippen LogP contribution in [0, 0.1) is 5.92 Å². The van der Waals surface area contributed by atoms with Crippen molar-refractivity contribution in [1.82, 2.24) is 9.55 Å². The first kappa shape index (κ1) is 13.6. The summed E-state index contributed by atoms with van der Waals surface area (Å²) in [6, 6.07) is 5.40. The van der Waals surface area contributed by atoms with Gasteiger partial charge in [-0.2, -0.15) is 0 Å². The van der Waals surface area contributed by atoms with E-state index in [-0.39, 0.29) is 0 Å². The van der Waals surface area contributed by atoms with Crippen LogP contribution in [0.3, 0.4) is 0 Å². The van der Waals surface area contributed by atoms with Crippen LogP contribution in [0.15, 0.2) is 24.5 Å². The monoisotopic (exact) mass is 260 g/mol. The summed E-state index contributed by atoms with van der Waals surface area (Å²) >= 11 is 0. The molecule has 0 amide bonds. The Morgan fingerprint density at radius 1 is 1.42 bits per heavy atom. The van der Waals surface area contributed by atoms with Crippen molar-refractivity contribution >= 4 is 17.0 Å². The molecular formula is C15H20N2O2. The first-order valence-corrected chi connectivity index (χ1v) is 6.72. The van der Waals surface area contributed by atoms with Crippen molar-refractivity contribution in [3.63, 3.8) is 0 Å². The second-order valence-electron chi connectivity index (χ2n) is 5.26. The van der Waals surface area contributed by atoms with Crippen LogP contribution < -0.4 is 0 Å². The number of nitrogens with zero attached hydrogens (tertiary/aromatic N) is 2. The summed E-state index contributed by atoms with van der Waals surface area (Å²) in [6.07, 6.45) is 4.03. The molecule has 102 valence electrons. The number of benzene rings is 1. The lowest BCUT2D eigenvalue weighted by Crippen LogP contribution is -2.08. The van der Waals surface area contributed by atoms with E-state index in [2.05, 4.69) is 30.3 Å². The molecule has 0 aliphatic carbocycles. The van der Waals surface area contributed by atoms with Crippen LogP contribution in [-0.4, -0.2) is 20.6 Å². The molecule has 0 saturated carbocycles. The number of aromatic carboxylic acids is 1. The predicted octanol–water partition coefficient (Wildman–Crippen LogP) is 3.73. The fourth-order valence-electron chi connectivity index (χ4n) is 2.37. The molecule has 0 radical (unpaired) electrons. The van der Waals surface area contributed by atoms with Crippen molar-refractivity contribution < 1.29 is 9.90 Å². The second kappa shape index (κ2) is 5.43. The zero-order valence-electron chi connectivity index (χ0n) is 11.6. The number of imidazole rings is 1. The molecule has 0 fully saturated rings. The van der Waals surface area contributed by atoms with E-state index in [0.717, 1.165) is 23.9 Å². The Kier molecular flexibility index (Phi) is 3.88. The summed E-state index contributed by atoms with van der Waals surface area (Å²) in [5, 5.41) is 9.07. The first-order valence-electron chi connectivity index (χ1n) is 6.72. The molecule has 2 unspecified atom stereocenters. The van der Waals surface area contributed by atoms with Gasteiger partial charge in [0.05, 0.1) is 22.9 Å². The third-order valence-electron chi connectivity index (χ3n) is 3.74. The van der Waals surface area contributed by atoms with Crippen molar-refractivity contribution in [2.75, 3.05) is 0 Å². The van der Waals surface area contributed by atoms with Crippen LogP contribution in [-0.2, 0) is 0 Å². The Morgan fingerprint density at radius 3 is 2.79 bits per heavy atom. The lowest BCUT2D eigenvalue weighted by Gasteiger charge is -2.18. The molecule has 4 nitrogen and oxygen atoms in total. The van der Waals surface area contributed by atoms with Gasteiger partial charge in [-0.3, -0.25) is 0 Å². The van der Waals surface area contributed by atoms with Crippen LogP contribution in [0.25, 0.3) is 11.0 Å². The van der Waals surface area contributed by atoms with Gasteiger partial charge in [-0.05, 0) is 37.5 Å². The lowest BCUT2D eigenvalue weighted by molar-refractivity contribution is 0.0697. The summed E-state index contributed by atoms with van der Waals surface area (Å²) in [4.78, 5) is 15.4. The predicted molar refractivity (Wildman–Crippen MR) is 75.5 cm³/mol. The molecule has 2 rings (SSSR count). The molecule has 1 aromatic carbocycles. The summed E-state index contributed by atoms with van der Waals surface area (Å²) in [7, 11) is 0. The molecule has 0 bridgehead atoms. The minimum Gasteiger partial charge on any atom is -0.478 e. The van der Waals surface area contributed by atoms with Crippen LogP contribution >= 0.6 is 0 Å². The van der Waals surface area contributed by atoms with Gasteiger partial charge in [-0.15, -0.1) is 0 Å². The maximum absolute atomic E-state index is 11.0. The fraction of sp³-hybridized carbons (Fsp3) is 0.467. The Morgan fingerprint density at radius 2 is 2.16 bits per heavy atom. The number of hydrogen-bond donors (Lipinski definition) is 1. The van der Waals surface area contributed by atoms with Crippen molar-refractivity contribution in [2.24, 2.45) is 5.92 Å². The molecule has 2 atom stereocenters. The number of carboxylic acid groups (broad SMARTS) is 1. The maximum Gasteiger partial charge on any atom is 0.335 e. The quantitative estimate of drug-likeness (QED) is 0.891.